The van der Waals surface area contributed by atoms with Crippen LogP contribution in [0.1, 0.15) is 40.3 Å². The molecular weight excluding hydrogens is 514 g/mol. The van der Waals surface area contributed by atoms with Gasteiger partial charge in [0.1, 0.15) is 17.3 Å². The zero-order valence-electron chi connectivity index (χ0n) is 23.7. The highest BCUT2D eigenvalue weighted by molar-refractivity contribution is 5.95. The van der Waals surface area contributed by atoms with E-state index in [2.05, 4.69) is 0 Å². The van der Waals surface area contributed by atoms with Crippen LogP contribution in [0, 0.1) is 6.92 Å². The van der Waals surface area contributed by atoms with E-state index in [1.807, 2.05) is 86.6 Å². The van der Waals surface area contributed by atoms with Crippen molar-refractivity contribution >= 4 is 16.8 Å². The van der Waals surface area contributed by atoms with Crippen molar-refractivity contribution in [2.24, 2.45) is 0 Å². The van der Waals surface area contributed by atoms with Crippen LogP contribution >= 0.6 is 0 Å². The van der Waals surface area contributed by atoms with Gasteiger partial charge in [0.2, 0.25) is 0 Å². The van der Waals surface area contributed by atoms with Gasteiger partial charge in [-0.15, -0.1) is 0 Å². The zero-order chi connectivity index (χ0) is 28.9. The number of ether oxygens (including phenoxy) is 2. The summed E-state index contributed by atoms with van der Waals surface area (Å²) in [5.74, 6) is 1.30. The molecule has 1 aromatic heterocycles. The molecule has 0 N–H and O–H groups in total. The summed E-state index contributed by atoms with van der Waals surface area (Å²) in [5.41, 5.74) is 3.65. The number of para-hydroxylation sites is 1. The van der Waals surface area contributed by atoms with E-state index in [9.17, 15) is 9.59 Å². The number of aryl methyl sites for hydroxylation is 1. The lowest BCUT2D eigenvalue weighted by Gasteiger charge is -2.31. The maximum absolute atomic E-state index is 14.3. The second kappa shape index (κ2) is 12.1. The Balaban J connectivity index is 1.67. The fraction of sp³-hybridized carbons (Fsp3) is 0.206. The van der Waals surface area contributed by atoms with Crippen molar-refractivity contribution in [2.75, 3.05) is 20.8 Å². The van der Waals surface area contributed by atoms with E-state index in [0.717, 1.165) is 11.1 Å². The fourth-order valence-electron chi connectivity index (χ4n) is 5.05. The summed E-state index contributed by atoms with van der Waals surface area (Å²) in [5, 5.41) is 0.518. The summed E-state index contributed by atoms with van der Waals surface area (Å²) >= 11 is 0. The van der Waals surface area contributed by atoms with Crippen LogP contribution in [-0.2, 0) is 6.42 Å². The van der Waals surface area contributed by atoms with Gasteiger partial charge < -0.3 is 14.4 Å². The third-order valence-electron chi connectivity index (χ3n) is 7.25. The lowest BCUT2D eigenvalue weighted by molar-refractivity contribution is 0.0683. The van der Waals surface area contributed by atoms with E-state index in [-0.39, 0.29) is 11.5 Å². The molecule has 0 radical (unpaired) electrons. The molecule has 1 atom stereocenters. The Kier molecular flexibility index (Phi) is 8.15. The molecular formula is C34H33N3O4. The first-order valence-electron chi connectivity index (χ1n) is 13.6. The summed E-state index contributed by atoms with van der Waals surface area (Å²) in [6, 6.07) is 29.7. The van der Waals surface area contributed by atoms with Gasteiger partial charge in [0.15, 0.2) is 0 Å². The molecule has 4 aromatic carbocycles. The van der Waals surface area contributed by atoms with E-state index in [1.54, 1.807) is 48.0 Å². The summed E-state index contributed by atoms with van der Waals surface area (Å²) < 4.78 is 12.5. The average molecular weight is 548 g/mol. The van der Waals surface area contributed by atoms with Gasteiger partial charge in [-0.2, -0.15) is 0 Å². The quantitative estimate of drug-likeness (QED) is 0.221. The molecule has 7 nitrogen and oxygen atoms in total. The van der Waals surface area contributed by atoms with Crippen LogP contribution in [-0.4, -0.2) is 41.1 Å². The maximum Gasteiger partial charge on any atom is 0.266 e. The first kappa shape index (κ1) is 27.6. The van der Waals surface area contributed by atoms with Gasteiger partial charge in [-0.25, -0.2) is 4.98 Å². The summed E-state index contributed by atoms with van der Waals surface area (Å²) in [7, 11) is 3.11. The SMILES string of the molecule is COc1cc(OC)cc(C(=O)N(CCc2ccccc2)C(C)c2nc3ccccc3c(=O)n2-c2cccc(C)c2)c1. The van der Waals surface area contributed by atoms with Crippen LogP contribution in [0.15, 0.2) is 102 Å². The third kappa shape index (κ3) is 5.84. The number of nitrogens with zero attached hydrogens (tertiary/aromatic N) is 3. The summed E-state index contributed by atoms with van der Waals surface area (Å²) in [6.45, 7) is 4.31. The lowest BCUT2D eigenvalue weighted by Crippen LogP contribution is -2.38. The molecule has 0 saturated heterocycles. The predicted octanol–water partition coefficient (Wildman–Crippen LogP) is 6.16. The van der Waals surface area contributed by atoms with Crippen molar-refractivity contribution in [3.63, 3.8) is 0 Å². The summed E-state index contributed by atoms with van der Waals surface area (Å²) in [6.07, 6.45) is 0.625. The van der Waals surface area contributed by atoms with E-state index < -0.39 is 6.04 Å². The Labute approximate surface area is 239 Å². The standard InChI is InChI=1S/C34H33N3O4/c1-23-11-10-14-27(19-23)37-32(35-31-16-9-8-15-30(31)34(37)39)24(2)36(18-17-25-12-6-5-7-13-25)33(38)26-20-28(40-3)22-29(21-26)41-4/h5-16,19-22,24H,17-18H2,1-4H3. The van der Waals surface area contributed by atoms with Crippen LogP contribution in [0.25, 0.3) is 16.6 Å². The molecule has 1 unspecified atom stereocenters. The second-order valence-electron chi connectivity index (χ2n) is 9.98. The number of amides is 1. The molecule has 5 rings (SSSR count). The van der Waals surface area contributed by atoms with E-state index >= 15 is 0 Å². The second-order valence-corrected chi connectivity index (χ2v) is 9.98. The number of rotatable bonds is 9. The van der Waals surface area contributed by atoms with Gasteiger partial charge >= 0.3 is 0 Å². The average Bonchev–Trinajstić information content (AvgIpc) is 3.01. The monoisotopic (exact) mass is 547 g/mol. The van der Waals surface area contributed by atoms with Crippen LogP contribution in [0.2, 0.25) is 0 Å². The molecule has 0 aliphatic rings. The van der Waals surface area contributed by atoms with E-state index in [0.29, 0.717) is 52.4 Å². The molecule has 1 amide bonds. The minimum atomic E-state index is -0.554. The minimum absolute atomic E-state index is 0.179. The molecule has 0 bridgehead atoms. The molecule has 0 spiro atoms. The van der Waals surface area contributed by atoms with Gasteiger partial charge in [-0.05, 0) is 67.8 Å². The predicted molar refractivity (Wildman–Crippen MR) is 161 cm³/mol. The van der Waals surface area contributed by atoms with Gasteiger partial charge in [-0.1, -0.05) is 54.6 Å². The Morgan fingerprint density at radius 2 is 1.56 bits per heavy atom. The normalized spacial score (nSPS) is 11.7. The molecule has 208 valence electrons. The van der Waals surface area contributed by atoms with Crippen LogP contribution in [0.3, 0.4) is 0 Å². The lowest BCUT2D eigenvalue weighted by atomic mass is 10.1. The number of benzene rings is 4. The topological polar surface area (TPSA) is 73.7 Å². The van der Waals surface area contributed by atoms with Crippen molar-refractivity contribution in [2.45, 2.75) is 26.3 Å². The number of fused-ring (bicyclic) bond motifs is 1. The number of methoxy groups -OCH3 is 2. The van der Waals surface area contributed by atoms with Crippen molar-refractivity contribution < 1.29 is 14.3 Å². The first-order valence-corrected chi connectivity index (χ1v) is 13.6. The number of carbonyl (C=O) groups is 1. The Bertz CT molecular complexity index is 1720. The van der Waals surface area contributed by atoms with Crippen LogP contribution in [0.5, 0.6) is 11.5 Å². The number of hydrogen-bond donors (Lipinski definition) is 0. The highest BCUT2D eigenvalue weighted by Gasteiger charge is 2.28. The van der Waals surface area contributed by atoms with Crippen molar-refractivity contribution in [1.82, 2.24) is 14.5 Å². The molecule has 0 aliphatic carbocycles. The first-order chi connectivity index (χ1) is 19.9. The molecule has 0 aliphatic heterocycles. The van der Waals surface area contributed by atoms with Crippen LogP contribution < -0.4 is 15.0 Å². The van der Waals surface area contributed by atoms with E-state index in [1.165, 1.54) is 0 Å². The minimum Gasteiger partial charge on any atom is -0.497 e. The fourth-order valence-corrected chi connectivity index (χ4v) is 5.05. The van der Waals surface area contributed by atoms with E-state index in [4.69, 9.17) is 14.5 Å². The largest absolute Gasteiger partial charge is 0.497 e. The molecule has 5 aromatic rings. The molecule has 41 heavy (non-hydrogen) atoms. The number of carbonyl (C=O) groups excluding carboxylic acids is 1. The van der Waals surface area contributed by atoms with Crippen molar-refractivity contribution in [3.8, 4) is 17.2 Å². The van der Waals surface area contributed by atoms with Gasteiger partial charge in [-0.3, -0.25) is 14.2 Å². The Morgan fingerprint density at radius 3 is 2.24 bits per heavy atom. The number of aromatic nitrogens is 2. The summed E-state index contributed by atoms with van der Waals surface area (Å²) in [4.78, 5) is 35.0. The molecule has 0 saturated carbocycles. The van der Waals surface area contributed by atoms with Gasteiger partial charge in [0, 0.05) is 18.2 Å². The number of hydrogen-bond acceptors (Lipinski definition) is 5. The van der Waals surface area contributed by atoms with Crippen LogP contribution in [0.4, 0.5) is 0 Å². The smallest absolute Gasteiger partial charge is 0.266 e. The highest BCUT2D eigenvalue weighted by atomic mass is 16.5. The van der Waals surface area contributed by atoms with Crippen molar-refractivity contribution in [3.05, 3.63) is 130 Å². The zero-order valence-corrected chi connectivity index (χ0v) is 23.7. The molecule has 7 heteroatoms. The van der Waals surface area contributed by atoms with Gasteiger partial charge in [0.05, 0.1) is 36.9 Å². The van der Waals surface area contributed by atoms with Gasteiger partial charge in [0.25, 0.3) is 11.5 Å². The Morgan fingerprint density at radius 1 is 0.878 bits per heavy atom. The molecule has 1 heterocycles. The highest BCUT2D eigenvalue weighted by Crippen LogP contribution is 2.28. The molecule has 0 fully saturated rings. The Hall–Kier alpha value is -4.91. The van der Waals surface area contributed by atoms with Crippen molar-refractivity contribution in [1.29, 1.82) is 0 Å². The maximum atomic E-state index is 14.3. The third-order valence-corrected chi connectivity index (χ3v) is 7.25.